The van der Waals surface area contributed by atoms with Crippen LogP contribution in [0.3, 0.4) is 0 Å². The van der Waals surface area contributed by atoms with Gasteiger partial charge in [0.2, 0.25) is 11.1 Å². The third kappa shape index (κ3) is 4.48. The normalized spacial score (nSPS) is 10.9. The number of nitrogens with one attached hydrogen (secondary N) is 1. The first-order valence-corrected chi connectivity index (χ1v) is 11.0. The van der Waals surface area contributed by atoms with Crippen molar-refractivity contribution in [3.05, 3.63) is 76.2 Å². The van der Waals surface area contributed by atoms with E-state index in [1.54, 1.807) is 42.9 Å². The first-order chi connectivity index (χ1) is 15.9. The van der Waals surface area contributed by atoms with Crippen LogP contribution < -0.4 is 10.9 Å². The van der Waals surface area contributed by atoms with Gasteiger partial charge in [0.25, 0.3) is 5.56 Å². The minimum absolute atomic E-state index is 0.0173. The number of carbonyl (C=O) groups excluding carboxylic acids is 2. The highest BCUT2D eigenvalue weighted by atomic mass is 32.2. The maximum Gasteiger partial charge on any atom is 0.297 e. The van der Waals surface area contributed by atoms with Crippen LogP contribution in [0.1, 0.15) is 23.0 Å². The maximum atomic E-state index is 13.2. The SMILES string of the molecule is CC(=O)c1cccc(NC(=O)CSc2nnnn2-c2c(C)n(C)n(-c3ccccc3)c2=O)c1. The molecule has 0 bridgehead atoms. The van der Waals surface area contributed by atoms with Crippen molar-refractivity contribution in [3.8, 4) is 11.4 Å². The number of Topliss-reactive ketones (excluding diaryl/α,β-unsaturated/α-hetero) is 1. The van der Waals surface area contributed by atoms with Crippen molar-refractivity contribution < 1.29 is 9.59 Å². The van der Waals surface area contributed by atoms with Crippen molar-refractivity contribution in [1.82, 2.24) is 29.6 Å². The molecular weight excluding hydrogens is 442 g/mol. The van der Waals surface area contributed by atoms with Gasteiger partial charge in [0, 0.05) is 18.3 Å². The van der Waals surface area contributed by atoms with Crippen molar-refractivity contribution in [2.45, 2.75) is 19.0 Å². The summed E-state index contributed by atoms with van der Waals surface area (Å²) in [6.07, 6.45) is 0. The summed E-state index contributed by atoms with van der Waals surface area (Å²) in [6.45, 7) is 3.27. The third-order valence-electron chi connectivity index (χ3n) is 5.06. The zero-order valence-electron chi connectivity index (χ0n) is 18.2. The quantitative estimate of drug-likeness (QED) is 0.330. The molecule has 1 amide bonds. The largest absolute Gasteiger partial charge is 0.325 e. The van der Waals surface area contributed by atoms with Crippen LogP contribution in [0.2, 0.25) is 0 Å². The van der Waals surface area contributed by atoms with E-state index in [4.69, 9.17) is 0 Å². The number of tetrazole rings is 1. The fourth-order valence-corrected chi connectivity index (χ4v) is 4.03. The van der Waals surface area contributed by atoms with Crippen LogP contribution in [0.5, 0.6) is 0 Å². The highest BCUT2D eigenvalue weighted by Crippen LogP contribution is 2.20. The molecule has 0 spiro atoms. The van der Waals surface area contributed by atoms with Crippen molar-refractivity contribution in [3.63, 3.8) is 0 Å². The van der Waals surface area contributed by atoms with Gasteiger partial charge in [-0.05, 0) is 48.5 Å². The van der Waals surface area contributed by atoms with Gasteiger partial charge in [-0.15, -0.1) is 5.10 Å². The number of thioether (sulfide) groups is 1. The van der Waals surface area contributed by atoms with Gasteiger partial charge in [-0.1, -0.05) is 42.1 Å². The Hall–Kier alpha value is -3.99. The second-order valence-corrected chi connectivity index (χ2v) is 8.20. The Kier molecular flexibility index (Phi) is 6.22. The third-order valence-corrected chi connectivity index (χ3v) is 5.98. The Morgan fingerprint density at radius 3 is 2.58 bits per heavy atom. The van der Waals surface area contributed by atoms with E-state index in [9.17, 15) is 14.4 Å². The number of ketones is 1. The summed E-state index contributed by atoms with van der Waals surface area (Å²) in [5, 5.41) is 14.7. The lowest BCUT2D eigenvalue weighted by Crippen LogP contribution is -2.22. The van der Waals surface area contributed by atoms with Crippen molar-refractivity contribution in [1.29, 1.82) is 0 Å². The molecule has 4 rings (SSSR count). The van der Waals surface area contributed by atoms with Gasteiger partial charge in [0.1, 0.15) is 0 Å². The first kappa shape index (κ1) is 22.2. The van der Waals surface area contributed by atoms with E-state index in [0.717, 1.165) is 11.8 Å². The summed E-state index contributed by atoms with van der Waals surface area (Å²) in [7, 11) is 1.78. The number of carbonyl (C=O) groups is 2. The van der Waals surface area contributed by atoms with Crippen LogP contribution in [0, 0.1) is 6.92 Å². The topological polar surface area (TPSA) is 117 Å². The van der Waals surface area contributed by atoms with E-state index in [2.05, 4.69) is 20.8 Å². The van der Waals surface area contributed by atoms with Crippen molar-refractivity contribution in [2.75, 3.05) is 11.1 Å². The smallest absolute Gasteiger partial charge is 0.297 e. The van der Waals surface area contributed by atoms with Crippen LogP contribution >= 0.6 is 11.8 Å². The molecule has 33 heavy (non-hydrogen) atoms. The number of rotatable bonds is 7. The molecule has 0 aliphatic carbocycles. The molecule has 0 atom stereocenters. The Morgan fingerprint density at radius 2 is 1.85 bits per heavy atom. The molecule has 0 unspecified atom stereocenters. The Balaban J connectivity index is 1.55. The Bertz CT molecular complexity index is 1390. The zero-order chi connectivity index (χ0) is 23.5. The molecule has 10 nitrogen and oxygen atoms in total. The van der Waals surface area contributed by atoms with Gasteiger partial charge >= 0.3 is 0 Å². The average molecular weight is 464 g/mol. The van der Waals surface area contributed by atoms with Crippen LogP contribution in [0.4, 0.5) is 5.69 Å². The summed E-state index contributed by atoms with van der Waals surface area (Å²) in [6, 6.07) is 16.0. The molecule has 0 fully saturated rings. The van der Waals surface area contributed by atoms with E-state index >= 15 is 0 Å². The van der Waals surface area contributed by atoms with E-state index in [1.807, 2.05) is 30.3 Å². The summed E-state index contributed by atoms with van der Waals surface area (Å²) in [5.74, 6) is -0.357. The van der Waals surface area contributed by atoms with Gasteiger partial charge in [0.15, 0.2) is 11.5 Å². The number of para-hydroxylation sites is 1. The Morgan fingerprint density at radius 1 is 1.09 bits per heavy atom. The standard InChI is InChI=1S/C22H21N7O3S/c1-14-20(21(32)29(27(14)3)18-10-5-4-6-11-18)28-22(24-25-26-28)33-13-19(31)23-17-9-7-8-16(12-17)15(2)30/h4-12H,13H2,1-3H3,(H,23,31). The molecule has 0 saturated heterocycles. The predicted molar refractivity (Wildman–Crippen MR) is 124 cm³/mol. The summed E-state index contributed by atoms with van der Waals surface area (Å²) in [5.41, 5.74) is 2.46. The molecule has 2 aromatic heterocycles. The molecule has 2 aromatic carbocycles. The van der Waals surface area contributed by atoms with Crippen molar-refractivity contribution in [2.24, 2.45) is 7.05 Å². The number of hydrogen-bond donors (Lipinski definition) is 1. The number of hydrogen-bond acceptors (Lipinski definition) is 7. The second kappa shape index (κ2) is 9.25. The minimum atomic E-state index is -0.290. The summed E-state index contributed by atoms with van der Waals surface area (Å²) < 4.78 is 4.62. The summed E-state index contributed by atoms with van der Waals surface area (Å²) >= 11 is 1.11. The van der Waals surface area contributed by atoms with Crippen LogP contribution in [0.25, 0.3) is 11.4 Å². The van der Waals surface area contributed by atoms with Crippen molar-refractivity contribution >= 4 is 29.1 Å². The first-order valence-electron chi connectivity index (χ1n) is 10.0. The maximum absolute atomic E-state index is 13.2. The van der Waals surface area contributed by atoms with Gasteiger partial charge in [-0.3, -0.25) is 19.1 Å². The second-order valence-electron chi connectivity index (χ2n) is 7.26. The highest BCUT2D eigenvalue weighted by molar-refractivity contribution is 7.99. The number of anilines is 1. The number of aromatic nitrogens is 6. The lowest BCUT2D eigenvalue weighted by molar-refractivity contribution is -0.113. The lowest BCUT2D eigenvalue weighted by atomic mass is 10.1. The predicted octanol–water partition coefficient (Wildman–Crippen LogP) is 2.39. The molecule has 11 heteroatoms. The van der Waals surface area contributed by atoms with Crippen LogP contribution in [-0.4, -0.2) is 47.0 Å². The fourth-order valence-electron chi connectivity index (χ4n) is 3.35. The highest BCUT2D eigenvalue weighted by Gasteiger charge is 2.22. The van der Waals surface area contributed by atoms with E-state index < -0.39 is 0 Å². The molecule has 2 heterocycles. The molecule has 0 saturated carbocycles. The molecule has 168 valence electrons. The zero-order valence-corrected chi connectivity index (χ0v) is 19.0. The van der Waals surface area contributed by atoms with E-state index in [-0.39, 0.29) is 23.0 Å². The van der Waals surface area contributed by atoms with Gasteiger partial charge in [0.05, 0.1) is 17.1 Å². The monoisotopic (exact) mass is 463 g/mol. The fraction of sp³-hybridized carbons (Fsp3) is 0.182. The van der Waals surface area contributed by atoms with Gasteiger partial charge in [-0.2, -0.15) is 4.68 Å². The molecular formula is C22H21N7O3S. The minimum Gasteiger partial charge on any atom is -0.325 e. The number of benzene rings is 2. The van der Waals surface area contributed by atoms with Crippen LogP contribution in [-0.2, 0) is 11.8 Å². The summed E-state index contributed by atoms with van der Waals surface area (Å²) in [4.78, 5) is 37.2. The van der Waals surface area contributed by atoms with E-state index in [1.165, 1.54) is 16.3 Å². The molecule has 0 aliphatic rings. The van der Waals surface area contributed by atoms with Gasteiger partial charge < -0.3 is 5.32 Å². The molecule has 0 radical (unpaired) electrons. The van der Waals surface area contributed by atoms with Crippen LogP contribution in [0.15, 0.2) is 64.5 Å². The average Bonchev–Trinajstić information content (AvgIpc) is 3.34. The molecule has 0 aliphatic heterocycles. The lowest BCUT2D eigenvalue weighted by Gasteiger charge is -2.07. The molecule has 4 aromatic rings. The number of nitrogens with zero attached hydrogens (tertiary/aromatic N) is 6. The Labute approximate surface area is 193 Å². The number of amides is 1. The molecule has 1 N–H and O–H groups in total. The van der Waals surface area contributed by atoms with Gasteiger partial charge in [-0.25, -0.2) is 4.68 Å². The van der Waals surface area contributed by atoms with E-state index in [0.29, 0.717) is 33.5 Å².